The molecule has 1 saturated heterocycles. The van der Waals surface area contributed by atoms with Crippen molar-refractivity contribution < 1.29 is 9.90 Å². The Balaban J connectivity index is 1.88. The third kappa shape index (κ3) is 4.43. The molecule has 1 N–H and O–H groups in total. The fourth-order valence-electron chi connectivity index (χ4n) is 2.30. The minimum Gasteiger partial charge on any atom is -0.395 e. The molecule has 1 fully saturated rings. The summed E-state index contributed by atoms with van der Waals surface area (Å²) >= 11 is 0. The van der Waals surface area contributed by atoms with Gasteiger partial charge in [0.05, 0.1) is 6.61 Å². The van der Waals surface area contributed by atoms with Crippen LogP contribution in [0.1, 0.15) is 12.0 Å². The van der Waals surface area contributed by atoms with Crippen LogP contribution in [0.3, 0.4) is 0 Å². The summed E-state index contributed by atoms with van der Waals surface area (Å²) in [5, 5.41) is 8.96. The average Bonchev–Trinajstić information content (AvgIpc) is 2.72. The highest BCUT2D eigenvalue weighted by molar-refractivity contribution is 5.91. The van der Waals surface area contributed by atoms with Crippen molar-refractivity contribution in [1.29, 1.82) is 0 Å². The van der Waals surface area contributed by atoms with Crippen molar-refractivity contribution in [3.63, 3.8) is 0 Å². The van der Waals surface area contributed by atoms with E-state index in [2.05, 4.69) is 9.88 Å². The standard InChI is InChI=1S/C15H21N3O2/c19-12-11-17-7-2-8-18(10-9-17)15(20)5-4-14-3-1-6-16-13-14/h1,3-6,13,19H,2,7-12H2. The lowest BCUT2D eigenvalue weighted by molar-refractivity contribution is -0.125. The van der Waals surface area contributed by atoms with Crippen LogP contribution in [-0.4, -0.2) is 65.1 Å². The summed E-state index contributed by atoms with van der Waals surface area (Å²) in [6.45, 7) is 4.13. The molecule has 1 aliphatic heterocycles. The summed E-state index contributed by atoms with van der Waals surface area (Å²) in [6.07, 6.45) is 7.80. The van der Waals surface area contributed by atoms with E-state index < -0.39 is 0 Å². The van der Waals surface area contributed by atoms with E-state index in [0.717, 1.165) is 38.2 Å². The maximum absolute atomic E-state index is 12.1. The first-order valence-corrected chi connectivity index (χ1v) is 7.00. The Hall–Kier alpha value is -1.72. The molecule has 2 rings (SSSR count). The van der Waals surface area contributed by atoms with Gasteiger partial charge in [0.25, 0.3) is 0 Å². The van der Waals surface area contributed by atoms with Crippen LogP contribution in [0.2, 0.25) is 0 Å². The van der Waals surface area contributed by atoms with Crippen LogP contribution < -0.4 is 0 Å². The van der Waals surface area contributed by atoms with Crippen molar-refractivity contribution in [3.05, 3.63) is 36.2 Å². The van der Waals surface area contributed by atoms with Gasteiger partial charge in [-0.15, -0.1) is 0 Å². The number of aliphatic hydroxyl groups excluding tert-OH is 1. The van der Waals surface area contributed by atoms with Gasteiger partial charge in [-0.25, -0.2) is 0 Å². The monoisotopic (exact) mass is 275 g/mol. The number of β-amino-alcohol motifs (C(OH)–C–C–N with tert-alkyl or cyclic N) is 1. The smallest absolute Gasteiger partial charge is 0.246 e. The molecular formula is C15H21N3O2. The molecule has 0 aromatic carbocycles. The van der Waals surface area contributed by atoms with Crippen molar-refractivity contribution in [2.45, 2.75) is 6.42 Å². The zero-order valence-corrected chi connectivity index (χ0v) is 11.6. The Bertz CT molecular complexity index is 448. The van der Waals surface area contributed by atoms with Crippen molar-refractivity contribution >= 4 is 12.0 Å². The van der Waals surface area contributed by atoms with Crippen molar-refractivity contribution in [2.75, 3.05) is 39.3 Å². The number of carbonyl (C=O) groups excluding carboxylic acids is 1. The normalized spacial score (nSPS) is 17.4. The molecule has 0 unspecified atom stereocenters. The fourth-order valence-corrected chi connectivity index (χ4v) is 2.30. The number of aliphatic hydroxyl groups is 1. The Kier molecular flexibility index (Phi) is 5.70. The molecule has 1 amide bonds. The number of pyridine rings is 1. The van der Waals surface area contributed by atoms with Crippen LogP contribution in [0.25, 0.3) is 6.08 Å². The molecule has 0 radical (unpaired) electrons. The first-order chi connectivity index (χ1) is 9.79. The van der Waals surface area contributed by atoms with Gasteiger partial charge in [-0.1, -0.05) is 6.07 Å². The summed E-state index contributed by atoms with van der Waals surface area (Å²) in [5.74, 6) is 0.0414. The molecule has 108 valence electrons. The lowest BCUT2D eigenvalue weighted by Gasteiger charge is -2.20. The van der Waals surface area contributed by atoms with Gasteiger partial charge in [0.1, 0.15) is 0 Å². The van der Waals surface area contributed by atoms with Gasteiger partial charge >= 0.3 is 0 Å². The van der Waals surface area contributed by atoms with E-state index in [0.29, 0.717) is 6.54 Å². The van der Waals surface area contributed by atoms with Crippen LogP contribution in [-0.2, 0) is 4.79 Å². The summed E-state index contributed by atoms with van der Waals surface area (Å²) in [5.41, 5.74) is 0.928. The molecule has 0 saturated carbocycles. The highest BCUT2D eigenvalue weighted by Gasteiger charge is 2.16. The van der Waals surface area contributed by atoms with E-state index in [9.17, 15) is 4.79 Å². The van der Waals surface area contributed by atoms with Crippen LogP contribution >= 0.6 is 0 Å². The summed E-state index contributed by atoms with van der Waals surface area (Å²) in [6, 6.07) is 3.77. The maximum Gasteiger partial charge on any atom is 0.246 e. The van der Waals surface area contributed by atoms with Gasteiger partial charge in [-0.3, -0.25) is 14.7 Å². The third-order valence-electron chi connectivity index (χ3n) is 3.42. The highest BCUT2D eigenvalue weighted by atomic mass is 16.3. The van der Waals surface area contributed by atoms with E-state index in [1.807, 2.05) is 17.0 Å². The second kappa shape index (κ2) is 7.77. The van der Waals surface area contributed by atoms with E-state index in [-0.39, 0.29) is 12.5 Å². The van der Waals surface area contributed by atoms with E-state index >= 15 is 0 Å². The maximum atomic E-state index is 12.1. The van der Waals surface area contributed by atoms with Crippen LogP contribution in [0.5, 0.6) is 0 Å². The Morgan fingerprint density at radius 3 is 3.00 bits per heavy atom. The SMILES string of the molecule is O=C(C=Cc1cccnc1)N1CCCN(CCO)CC1. The number of rotatable bonds is 4. The van der Waals surface area contributed by atoms with Crippen molar-refractivity contribution in [1.82, 2.24) is 14.8 Å². The first kappa shape index (κ1) is 14.7. The van der Waals surface area contributed by atoms with Gasteiger partial charge in [0.15, 0.2) is 0 Å². The van der Waals surface area contributed by atoms with E-state index in [4.69, 9.17) is 5.11 Å². The minimum atomic E-state index is 0.0414. The average molecular weight is 275 g/mol. The van der Waals surface area contributed by atoms with Crippen LogP contribution in [0.4, 0.5) is 0 Å². The second-order valence-corrected chi connectivity index (χ2v) is 4.86. The van der Waals surface area contributed by atoms with Crippen molar-refractivity contribution in [2.24, 2.45) is 0 Å². The number of aromatic nitrogens is 1. The molecule has 1 aliphatic rings. The predicted molar refractivity (Wildman–Crippen MR) is 78.0 cm³/mol. The molecular weight excluding hydrogens is 254 g/mol. The molecule has 0 aliphatic carbocycles. The van der Waals surface area contributed by atoms with Gasteiger partial charge in [-0.2, -0.15) is 0 Å². The second-order valence-electron chi connectivity index (χ2n) is 4.86. The number of hydrogen-bond acceptors (Lipinski definition) is 4. The quantitative estimate of drug-likeness (QED) is 0.819. The molecule has 5 nitrogen and oxygen atoms in total. The van der Waals surface area contributed by atoms with Crippen LogP contribution in [0.15, 0.2) is 30.6 Å². The van der Waals surface area contributed by atoms with Crippen molar-refractivity contribution in [3.8, 4) is 0 Å². The molecule has 0 bridgehead atoms. The molecule has 0 spiro atoms. The van der Waals surface area contributed by atoms with Gasteiger partial charge in [0.2, 0.25) is 5.91 Å². The van der Waals surface area contributed by atoms with E-state index in [1.54, 1.807) is 24.5 Å². The summed E-state index contributed by atoms with van der Waals surface area (Å²) < 4.78 is 0. The molecule has 1 aromatic heterocycles. The first-order valence-electron chi connectivity index (χ1n) is 7.00. The Labute approximate surface area is 119 Å². The summed E-state index contributed by atoms with van der Waals surface area (Å²) in [7, 11) is 0. The molecule has 20 heavy (non-hydrogen) atoms. The molecule has 2 heterocycles. The third-order valence-corrected chi connectivity index (χ3v) is 3.42. The fraction of sp³-hybridized carbons (Fsp3) is 0.467. The Morgan fingerprint density at radius 1 is 1.35 bits per heavy atom. The summed E-state index contributed by atoms with van der Waals surface area (Å²) in [4.78, 5) is 20.2. The van der Waals surface area contributed by atoms with Gasteiger partial charge in [-0.05, 0) is 30.7 Å². The van der Waals surface area contributed by atoms with Gasteiger partial charge < -0.3 is 10.0 Å². The largest absolute Gasteiger partial charge is 0.395 e. The lowest BCUT2D eigenvalue weighted by Crippen LogP contribution is -2.35. The Morgan fingerprint density at radius 2 is 2.25 bits per heavy atom. The van der Waals surface area contributed by atoms with Gasteiger partial charge in [0, 0.05) is 44.6 Å². The predicted octanol–water partition coefficient (Wildman–Crippen LogP) is 0.621. The number of amides is 1. The topological polar surface area (TPSA) is 56.7 Å². The van der Waals surface area contributed by atoms with Crippen LogP contribution in [0, 0.1) is 0 Å². The molecule has 0 atom stereocenters. The van der Waals surface area contributed by atoms with E-state index in [1.165, 1.54) is 0 Å². The number of hydrogen-bond donors (Lipinski definition) is 1. The minimum absolute atomic E-state index is 0.0414. The zero-order chi connectivity index (χ0) is 14.2. The number of carbonyl (C=O) groups is 1. The number of nitrogens with zero attached hydrogens (tertiary/aromatic N) is 3. The zero-order valence-electron chi connectivity index (χ0n) is 11.6. The molecule has 1 aromatic rings. The molecule has 5 heteroatoms. The highest BCUT2D eigenvalue weighted by Crippen LogP contribution is 2.05. The lowest BCUT2D eigenvalue weighted by atomic mass is 10.2.